The Morgan fingerprint density at radius 1 is 1.03 bits per heavy atom. The van der Waals surface area contributed by atoms with E-state index >= 15 is 0 Å². The maximum Gasteiger partial charge on any atom is 0.216 e. The molecule has 184 valence electrons. The van der Waals surface area contributed by atoms with Gasteiger partial charge < -0.3 is 15.5 Å². The Labute approximate surface area is 196 Å². The van der Waals surface area contributed by atoms with Gasteiger partial charge in [-0.1, -0.05) is 41.0 Å². The molecule has 1 amide bonds. The van der Waals surface area contributed by atoms with E-state index in [0.29, 0.717) is 35.5 Å². The van der Waals surface area contributed by atoms with E-state index in [1.807, 2.05) is 0 Å². The van der Waals surface area contributed by atoms with E-state index in [9.17, 15) is 15.0 Å². The van der Waals surface area contributed by atoms with Crippen LogP contribution in [0.25, 0.3) is 0 Å². The monoisotopic (exact) mass is 447 g/mol. The smallest absolute Gasteiger partial charge is 0.216 e. The average Bonchev–Trinajstić information content (AvgIpc) is 3.08. The highest BCUT2D eigenvalue weighted by Crippen LogP contribution is 2.74. The van der Waals surface area contributed by atoms with E-state index in [2.05, 4.69) is 39.9 Å². The van der Waals surface area contributed by atoms with Crippen LogP contribution in [0.4, 0.5) is 0 Å². The lowest BCUT2D eigenvalue weighted by Gasteiger charge is -2.69. The minimum atomic E-state index is -0.265. The van der Waals surface area contributed by atoms with Crippen molar-refractivity contribution in [2.75, 3.05) is 6.54 Å². The Morgan fingerprint density at radius 3 is 2.34 bits per heavy atom. The van der Waals surface area contributed by atoms with Crippen molar-refractivity contribution in [2.45, 2.75) is 112 Å². The van der Waals surface area contributed by atoms with Gasteiger partial charge in [0.05, 0.1) is 12.2 Å². The van der Waals surface area contributed by atoms with Crippen molar-refractivity contribution in [1.29, 1.82) is 0 Å². The third kappa shape index (κ3) is 3.49. The quantitative estimate of drug-likeness (QED) is 0.545. The number of hydrogen-bond donors (Lipinski definition) is 3. The zero-order valence-corrected chi connectivity index (χ0v) is 21.5. The molecule has 0 unspecified atom stereocenters. The van der Waals surface area contributed by atoms with Crippen molar-refractivity contribution in [3.63, 3.8) is 0 Å². The lowest BCUT2D eigenvalue weighted by Crippen LogP contribution is -2.67. The largest absolute Gasteiger partial charge is 0.393 e. The van der Waals surface area contributed by atoms with Gasteiger partial charge in [-0.2, -0.15) is 0 Å². The molecule has 0 aromatic heterocycles. The molecule has 4 heteroatoms. The zero-order valence-electron chi connectivity index (χ0n) is 21.5. The summed E-state index contributed by atoms with van der Waals surface area (Å²) in [6.07, 6.45) is 9.49. The molecule has 4 fully saturated rings. The lowest BCUT2D eigenvalue weighted by molar-refractivity contribution is -0.250. The molecule has 4 aliphatic rings. The summed E-state index contributed by atoms with van der Waals surface area (Å²) in [6.45, 7) is 14.5. The molecule has 32 heavy (non-hydrogen) atoms. The van der Waals surface area contributed by atoms with Crippen molar-refractivity contribution in [3.8, 4) is 0 Å². The molecule has 4 aliphatic carbocycles. The molecular formula is C28H49NO3. The SMILES string of the molecule is CC[C@H]1[C@@H](O)[C@@]2(C)[C@@H]3CC[C@H]([C@H](C)CCNC(C)=O)[C@@]3(C)CC[C@@H]2[C@@]2(C)CC[C@@H](O)C[C@@H]12. The lowest BCUT2D eigenvalue weighted by atomic mass is 9.36. The number of fused-ring (bicyclic) bond motifs is 5. The average molecular weight is 448 g/mol. The van der Waals surface area contributed by atoms with Crippen LogP contribution in [0, 0.1) is 51.8 Å². The fourth-order valence-corrected chi connectivity index (χ4v) is 10.3. The fraction of sp³-hybridized carbons (Fsp3) is 0.964. The second-order valence-electron chi connectivity index (χ2n) is 13.0. The van der Waals surface area contributed by atoms with Gasteiger partial charge in [0.15, 0.2) is 0 Å². The Kier molecular flexibility index (Phi) is 6.55. The first-order valence-electron chi connectivity index (χ1n) is 13.6. The number of amides is 1. The van der Waals surface area contributed by atoms with Crippen LogP contribution >= 0.6 is 0 Å². The van der Waals surface area contributed by atoms with Gasteiger partial charge in [0.2, 0.25) is 5.91 Å². The molecular weight excluding hydrogens is 398 g/mol. The van der Waals surface area contributed by atoms with Gasteiger partial charge in [-0.05, 0) is 97.7 Å². The Hall–Kier alpha value is -0.610. The van der Waals surface area contributed by atoms with Crippen LogP contribution in [0.5, 0.6) is 0 Å². The molecule has 3 N–H and O–H groups in total. The third-order valence-corrected chi connectivity index (χ3v) is 11.8. The summed E-state index contributed by atoms with van der Waals surface area (Å²) in [5.74, 6) is 3.19. The van der Waals surface area contributed by atoms with Crippen LogP contribution < -0.4 is 5.32 Å². The van der Waals surface area contributed by atoms with Crippen molar-refractivity contribution in [3.05, 3.63) is 0 Å². The van der Waals surface area contributed by atoms with Crippen LogP contribution in [0.1, 0.15) is 99.3 Å². The topological polar surface area (TPSA) is 69.6 Å². The Morgan fingerprint density at radius 2 is 1.69 bits per heavy atom. The summed E-state index contributed by atoms with van der Waals surface area (Å²) in [7, 11) is 0. The first-order chi connectivity index (χ1) is 15.0. The van der Waals surface area contributed by atoms with Gasteiger partial charge in [-0.15, -0.1) is 0 Å². The van der Waals surface area contributed by atoms with Gasteiger partial charge in [0, 0.05) is 18.9 Å². The number of aliphatic hydroxyl groups excluding tert-OH is 2. The minimum absolute atomic E-state index is 0.0344. The van der Waals surface area contributed by atoms with Crippen molar-refractivity contribution in [2.24, 2.45) is 51.8 Å². The second kappa shape index (κ2) is 8.56. The predicted octanol–water partition coefficient (Wildman–Crippen LogP) is 5.17. The van der Waals surface area contributed by atoms with E-state index in [4.69, 9.17) is 0 Å². The van der Waals surface area contributed by atoms with Crippen LogP contribution in [0.15, 0.2) is 0 Å². The summed E-state index contributed by atoms with van der Waals surface area (Å²) in [4.78, 5) is 11.3. The van der Waals surface area contributed by atoms with E-state index in [-0.39, 0.29) is 34.4 Å². The van der Waals surface area contributed by atoms with Gasteiger partial charge in [0.1, 0.15) is 0 Å². The number of hydrogen-bond acceptors (Lipinski definition) is 3. The maximum atomic E-state index is 12.0. The summed E-state index contributed by atoms with van der Waals surface area (Å²) < 4.78 is 0. The van der Waals surface area contributed by atoms with Gasteiger partial charge in [-0.25, -0.2) is 0 Å². The molecule has 0 aromatic carbocycles. The van der Waals surface area contributed by atoms with E-state index in [1.165, 1.54) is 25.7 Å². The second-order valence-corrected chi connectivity index (χ2v) is 13.0. The molecule has 4 rings (SSSR count). The maximum absolute atomic E-state index is 12.0. The molecule has 0 aliphatic heterocycles. The number of carbonyl (C=O) groups excluding carboxylic acids is 1. The molecule has 4 saturated carbocycles. The molecule has 0 saturated heterocycles. The molecule has 0 aromatic rings. The van der Waals surface area contributed by atoms with Gasteiger partial charge in [0.25, 0.3) is 0 Å². The first-order valence-corrected chi connectivity index (χ1v) is 13.6. The predicted molar refractivity (Wildman–Crippen MR) is 129 cm³/mol. The molecule has 0 spiro atoms. The number of rotatable bonds is 5. The van der Waals surface area contributed by atoms with Crippen molar-refractivity contribution >= 4 is 5.91 Å². The highest BCUT2D eigenvalue weighted by atomic mass is 16.3. The molecule has 0 radical (unpaired) electrons. The van der Waals surface area contributed by atoms with Crippen molar-refractivity contribution in [1.82, 2.24) is 5.32 Å². The van der Waals surface area contributed by atoms with E-state index in [0.717, 1.165) is 38.6 Å². The molecule has 0 heterocycles. The number of aliphatic hydroxyl groups is 2. The van der Waals surface area contributed by atoms with E-state index in [1.54, 1.807) is 6.92 Å². The molecule has 4 nitrogen and oxygen atoms in total. The van der Waals surface area contributed by atoms with Crippen LogP contribution in [-0.4, -0.2) is 34.9 Å². The Bertz CT molecular complexity index is 711. The van der Waals surface area contributed by atoms with E-state index < -0.39 is 0 Å². The first kappa shape index (κ1) is 24.5. The Balaban J connectivity index is 1.63. The van der Waals surface area contributed by atoms with Crippen LogP contribution in [0.3, 0.4) is 0 Å². The molecule has 0 bridgehead atoms. The van der Waals surface area contributed by atoms with Gasteiger partial charge in [-0.3, -0.25) is 4.79 Å². The summed E-state index contributed by atoms with van der Waals surface area (Å²) >= 11 is 0. The summed E-state index contributed by atoms with van der Waals surface area (Å²) in [5.41, 5.74) is 0.481. The van der Waals surface area contributed by atoms with Crippen molar-refractivity contribution < 1.29 is 15.0 Å². The summed E-state index contributed by atoms with van der Waals surface area (Å²) in [5, 5.41) is 25.5. The summed E-state index contributed by atoms with van der Waals surface area (Å²) in [6, 6.07) is 0. The number of carbonyl (C=O) groups is 1. The third-order valence-electron chi connectivity index (χ3n) is 11.8. The van der Waals surface area contributed by atoms with Gasteiger partial charge >= 0.3 is 0 Å². The van der Waals surface area contributed by atoms with Crippen LogP contribution in [0.2, 0.25) is 0 Å². The highest BCUT2D eigenvalue weighted by molar-refractivity contribution is 5.72. The van der Waals surface area contributed by atoms with Crippen LogP contribution in [-0.2, 0) is 4.79 Å². The molecule has 11 atom stereocenters. The standard InChI is InChI=1S/C28H49NO3/c1-7-20-22-16-19(31)10-13-27(22,5)24-11-14-26(4)21(17(2)12-15-29-18(3)30)8-9-23(26)28(24,6)25(20)32/h17,19-25,31-32H,7-16H2,1-6H3,(H,29,30)/t17-,19-,20-,21-,22+,23-,24-,25-,26-,27+,28+/m1/s1. The zero-order chi connectivity index (χ0) is 23.5. The normalized spacial score (nSPS) is 51.3. The number of nitrogens with one attached hydrogen (secondary N) is 1. The fourth-order valence-electron chi connectivity index (χ4n) is 10.3. The highest BCUT2D eigenvalue weighted by Gasteiger charge is 2.69. The minimum Gasteiger partial charge on any atom is -0.393 e.